The van der Waals surface area contributed by atoms with Crippen LogP contribution in [-0.2, 0) is 9.57 Å². The molecule has 0 aliphatic carbocycles. The summed E-state index contributed by atoms with van der Waals surface area (Å²) in [5.74, 6) is -1.11. The van der Waals surface area contributed by atoms with E-state index < -0.39 is 42.1 Å². The van der Waals surface area contributed by atoms with Gasteiger partial charge in [0.15, 0.2) is 17.5 Å². The first-order valence-electron chi connectivity index (χ1n) is 12.7. The van der Waals surface area contributed by atoms with Gasteiger partial charge in [-0.3, -0.25) is 4.84 Å². The van der Waals surface area contributed by atoms with Gasteiger partial charge in [0.25, 0.3) is 0 Å². The summed E-state index contributed by atoms with van der Waals surface area (Å²) in [7, 11) is 0. The average Bonchev–Trinajstić information content (AvgIpc) is 3.66. The maximum atomic E-state index is 14.7. The smallest absolute Gasteiger partial charge is 0.167 e. The Balaban J connectivity index is 1.34. The second-order valence-corrected chi connectivity index (χ2v) is 11.1. The van der Waals surface area contributed by atoms with E-state index in [1.54, 1.807) is 22.9 Å². The van der Waals surface area contributed by atoms with Crippen molar-refractivity contribution in [1.82, 2.24) is 30.5 Å². The molecule has 10 nitrogen and oxygen atoms in total. The van der Waals surface area contributed by atoms with E-state index in [1.807, 2.05) is 25.1 Å². The summed E-state index contributed by atoms with van der Waals surface area (Å²) in [5, 5.41) is 28.0. The molecule has 0 spiro atoms. The maximum Gasteiger partial charge on any atom is 0.167 e. The fraction of sp³-hybridized carbons (Fsp3) is 0.333. The van der Waals surface area contributed by atoms with E-state index in [9.17, 15) is 13.9 Å². The van der Waals surface area contributed by atoms with Gasteiger partial charge < -0.3 is 20.6 Å². The summed E-state index contributed by atoms with van der Waals surface area (Å²) in [4.78, 5) is 14.8. The lowest BCUT2D eigenvalue weighted by Crippen LogP contribution is -2.58. The summed E-state index contributed by atoms with van der Waals surface area (Å²) in [5.41, 5.74) is 4.64. The zero-order valence-electron chi connectivity index (χ0n) is 21.9. The minimum atomic E-state index is -1.18. The summed E-state index contributed by atoms with van der Waals surface area (Å²) in [6.07, 6.45) is -0.832. The second-order valence-electron chi connectivity index (χ2n) is 9.83. The monoisotopic (exact) mass is 567 g/mol. The molecular weight excluding hydrogens is 540 g/mol. The predicted molar refractivity (Wildman–Crippen MR) is 145 cm³/mol. The molecule has 2 aliphatic heterocycles. The Hall–Kier alpha value is -3.62. The van der Waals surface area contributed by atoms with Gasteiger partial charge in [-0.15, -0.1) is 11.3 Å². The lowest BCUT2D eigenvalue weighted by atomic mass is 9.92. The third-order valence-electron chi connectivity index (χ3n) is 7.11. The number of aliphatic hydroxyl groups is 1. The number of aromatic nitrogens is 4. The lowest BCUT2D eigenvalue weighted by molar-refractivity contribution is -0.174. The number of nitrogens with one attached hydrogen (secondary N) is 3. The number of rotatable bonds is 6. The zero-order valence-corrected chi connectivity index (χ0v) is 22.7. The molecule has 2 aliphatic rings. The number of ether oxygens (including phenoxy) is 1. The van der Waals surface area contributed by atoms with E-state index in [0.717, 1.165) is 27.1 Å². The van der Waals surface area contributed by atoms with E-state index in [-0.39, 0.29) is 16.7 Å². The van der Waals surface area contributed by atoms with Gasteiger partial charge in [0, 0.05) is 23.6 Å². The minimum absolute atomic E-state index is 0.0743. The normalized spacial score (nSPS) is 24.9. The van der Waals surface area contributed by atoms with Gasteiger partial charge in [-0.1, -0.05) is 12.1 Å². The predicted octanol–water partition coefficient (Wildman–Crippen LogP) is 3.43. The SMILES string of the molecule is Cc1nc(C2OC3CNOC3C(N/C=C(\C=N)c3ccc(C)c(F)c3F)C2O)n(-c2ccc3nc(C)sc3c2)n1. The van der Waals surface area contributed by atoms with Crippen LogP contribution in [-0.4, -0.2) is 62.0 Å². The Morgan fingerprint density at radius 2 is 2.02 bits per heavy atom. The van der Waals surface area contributed by atoms with Crippen LogP contribution in [0.5, 0.6) is 0 Å². The molecule has 0 bridgehead atoms. The van der Waals surface area contributed by atoms with Crippen LogP contribution in [0.25, 0.3) is 21.5 Å². The molecule has 5 atom stereocenters. The van der Waals surface area contributed by atoms with Crippen molar-refractivity contribution in [2.45, 2.75) is 51.2 Å². The second kappa shape index (κ2) is 10.4. The Morgan fingerprint density at radius 1 is 1.20 bits per heavy atom. The van der Waals surface area contributed by atoms with Crippen molar-refractivity contribution in [3.05, 3.63) is 75.9 Å². The van der Waals surface area contributed by atoms with Crippen LogP contribution < -0.4 is 10.8 Å². The van der Waals surface area contributed by atoms with Crippen LogP contribution in [0.2, 0.25) is 0 Å². The summed E-state index contributed by atoms with van der Waals surface area (Å²) in [6.45, 7) is 5.54. The van der Waals surface area contributed by atoms with Crippen molar-refractivity contribution in [3.8, 4) is 5.69 Å². The maximum absolute atomic E-state index is 14.7. The van der Waals surface area contributed by atoms with E-state index in [2.05, 4.69) is 25.9 Å². The van der Waals surface area contributed by atoms with Gasteiger partial charge in [-0.05, 0) is 44.5 Å². The number of fused-ring (bicyclic) bond motifs is 2. The molecule has 2 saturated heterocycles. The van der Waals surface area contributed by atoms with Gasteiger partial charge in [0.1, 0.15) is 30.2 Å². The third-order valence-corrected chi connectivity index (χ3v) is 8.05. The van der Waals surface area contributed by atoms with Crippen LogP contribution in [0.1, 0.15) is 33.9 Å². The first-order valence-corrected chi connectivity index (χ1v) is 13.5. The van der Waals surface area contributed by atoms with Crippen LogP contribution in [0.4, 0.5) is 8.78 Å². The Labute approximate surface area is 232 Å². The molecule has 2 fully saturated rings. The summed E-state index contributed by atoms with van der Waals surface area (Å²) >= 11 is 1.57. The number of thiazole rings is 1. The molecule has 4 aromatic rings. The first-order chi connectivity index (χ1) is 19.2. The molecule has 208 valence electrons. The Morgan fingerprint density at radius 3 is 2.83 bits per heavy atom. The highest BCUT2D eigenvalue weighted by atomic mass is 32.1. The Bertz CT molecular complexity index is 1640. The van der Waals surface area contributed by atoms with Crippen molar-refractivity contribution in [1.29, 1.82) is 5.41 Å². The van der Waals surface area contributed by atoms with Crippen molar-refractivity contribution >= 4 is 33.3 Å². The number of halogens is 2. The number of aryl methyl sites for hydroxylation is 3. The number of hydroxylamine groups is 1. The van der Waals surface area contributed by atoms with E-state index in [0.29, 0.717) is 18.2 Å². The van der Waals surface area contributed by atoms with Crippen LogP contribution in [0, 0.1) is 37.8 Å². The van der Waals surface area contributed by atoms with Gasteiger partial charge in [0.05, 0.1) is 33.5 Å². The molecular formula is C27H27F2N7O3S. The number of hydrogen-bond donors (Lipinski definition) is 4. The van der Waals surface area contributed by atoms with E-state index >= 15 is 0 Å². The van der Waals surface area contributed by atoms with Crippen molar-refractivity contribution in [2.24, 2.45) is 0 Å². The number of hydrogen-bond acceptors (Lipinski definition) is 10. The molecule has 4 N–H and O–H groups in total. The third kappa shape index (κ3) is 4.59. The van der Waals surface area contributed by atoms with Gasteiger partial charge in [0.2, 0.25) is 0 Å². The molecule has 4 heterocycles. The molecule has 0 saturated carbocycles. The summed E-state index contributed by atoms with van der Waals surface area (Å²) in [6, 6.07) is 7.90. The van der Waals surface area contributed by atoms with Crippen LogP contribution in [0.3, 0.4) is 0 Å². The highest BCUT2D eigenvalue weighted by Crippen LogP contribution is 2.36. The molecule has 6 rings (SSSR count). The van der Waals surface area contributed by atoms with E-state index in [4.69, 9.17) is 15.0 Å². The zero-order chi connectivity index (χ0) is 28.1. The first kappa shape index (κ1) is 26.6. The number of aliphatic hydroxyl groups excluding tert-OH is 1. The summed E-state index contributed by atoms with van der Waals surface area (Å²) < 4.78 is 37.8. The van der Waals surface area contributed by atoms with Gasteiger partial charge in [-0.25, -0.2) is 23.4 Å². The lowest BCUT2D eigenvalue weighted by Gasteiger charge is -2.40. The molecule has 0 radical (unpaired) electrons. The highest BCUT2D eigenvalue weighted by Gasteiger charge is 2.50. The number of benzene rings is 2. The molecule has 40 heavy (non-hydrogen) atoms. The van der Waals surface area contributed by atoms with Gasteiger partial charge >= 0.3 is 0 Å². The van der Waals surface area contributed by atoms with E-state index in [1.165, 1.54) is 25.3 Å². The van der Waals surface area contributed by atoms with Crippen LogP contribution in [0.15, 0.2) is 36.5 Å². The number of nitrogens with zero attached hydrogens (tertiary/aromatic N) is 4. The molecule has 5 unspecified atom stereocenters. The minimum Gasteiger partial charge on any atom is -0.388 e. The molecule has 2 aromatic heterocycles. The standard InChI is InChI=1S/C27H27F2N7O3S/c1-12-4-6-17(22(29)21(12)28)15(9-30)10-31-23-24(37)26(38-19-11-32-39-25(19)23)27-33-13(2)35-36(27)16-5-7-18-20(8-16)40-14(3)34-18/h4-10,19,23-26,30-32,37H,11H2,1-3H3/b15-10+,30-9?. The van der Waals surface area contributed by atoms with Gasteiger partial charge in [-0.2, -0.15) is 10.6 Å². The quantitative estimate of drug-likeness (QED) is 0.261. The topological polar surface area (TPSA) is 130 Å². The molecule has 13 heteroatoms. The largest absolute Gasteiger partial charge is 0.388 e. The average molecular weight is 568 g/mol. The fourth-order valence-corrected chi connectivity index (χ4v) is 5.99. The molecule has 0 amide bonds. The highest BCUT2D eigenvalue weighted by molar-refractivity contribution is 7.18. The Kier molecular flexibility index (Phi) is 6.92. The molecule has 2 aromatic carbocycles. The number of allylic oxidation sites excluding steroid dienone is 1. The van der Waals surface area contributed by atoms with Crippen molar-refractivity contribution in [2.75, 3.05) is 6.54 Å². The van der Waals surface area contributed by atoms with Crippen molar-refractivity contribution < 1.29 is 23.5 Å². The van der Waals surface area contributed by atoms with Crippen molar-refractivity contribution in [3.63, 3.8) is 0 Å². The van der Waals surface area contributed by atoms with Crippen LogP contribution >= 0.6 is 11.3 Å². The fourth-order valence-electron chi connectivity index (χ4n) is 5.13.